The Bertz CT molecular complexity index is 951. The highest BCUT2D eigenvalue weighted by atomic mass is 35.5. The molecule has 0 saturated carbocycles. The highest BCUT2D eigenvalue weighted by molar-refractivity contribution is 7.22. The second-order valence-corrected chi connectivity index (χ2v) is 8.24. The molecule has 0 fully saturated rings. The minimum atomic E-state index is -0.0893. The molecular formula is C20H27Cl2N5OS. The van der Waals surface area contributed by atoms with Gasteiger partial charge in [0.15, 0.2) is 5.13 Å². The van der Waals surface area contributed by atoms with Crippen molar-refractivity contribution in [1.82, 2.24) is 19.7 Å². The van der Waals surface area contributed by atoms with Crippen LogP contribution < -0.4 is 4.90 Å². The van der Waals surface area contributed by atoms with E-state index in [9.17, 15) is 4.79 Å². The van der Waals surface area contributed by atoms with Crippen LogP contribution in [0.25, 0.3) is 10.2 Å². The summed E-state index contributed by atoms with van der Waals surface area (Å²) >= 11 is 7.80. The highest BCUT2D eigenvalue weighted by Crippen LogP contribution is 2.33. The van der Waals surface area contributed by atoms with Crippen LogP contribution >= 0.6 is 35.3 Å². The van der Waals surface area contributed by atoms with Gasteiger partial charge in [0.05, 0.1) is 9.72 Å². The number of para-hydroxylation sites is 1. The number of hydrogen-bond donors (Lipinski definition) is 0. The van der Waals surface area contributed by atoms with Crippen molar-refractivity contribution in [2.75, 3.05) is 31.1 Å². The quantitative estimate of drug-likeness (QED) is 0.471. The van der Waals surface area contributed by atoms with Gasteiger partial charge in [-0.1, -0.05) is 42.9 Å². The molecule has 0 N–H and O–H groups in total. The number of thiazole rings is 1. The third-order valence-corrected chi connectivity index (χ3v) is 6.10. The van der Waals surface area contributed by atoms with E-state index >= 15 is 0 Å². The maximum atomic E-state index is 13.5. The Hall–Kier alpha value is -1.67. The Kier molecular flexibility index (Phi) is 8.46. The molecule has 1 amide bonds. The Morgan fingerprint density at radius 3 is 2.55 bits per heavy atom. The minimum Gasteiger partial charge on any atom is -0.302 e. The van der Waals surface area contributed by atoms with Crippen LogP contribution in [-0.2, 0) is 0 Å². The van der Waals surface area contributed by atoms with Crippen molar-refractivity contribution in [1.29, 1.82) is 0 Å². The zero-order chi connectivity index (χ0) is 20.3. The van der Waals surface area contributed by atoms with Crippen LogP contribution in [0.3, 0.4) is 0 Å². The van der Waals surface area contributed by atoms with Gasteiger partial charge in [0.1, 0.15) is 11.2 Å². The van der Waals surface area contributed by atoms with E-state index < -0.39 is 0 Å². The van der Waals surface area contributed by atoms with E-state index in [2.05, 4.69) is 23.8 Å². The van der Waals surface area contributed by atoms with E-state index in [0.29, 0.717) is 22.4 Å². The molecule has 158 valence electrons. The fraction of sp³-hybridized carbons (Fsp3) is 0.450. The molecule has 3 rings (SSSR count). The molecule has 3 aromatic rings. The largest absolute Gasteiger partial charge is 0.302 e. The summed E-state index contributed by atoms with van der Waals surface area (Å²) in [5.41, 5.74) is 1.31. The predicted molar refractivity (Wildman–Crippen MR) is 124 cm³/mol. The maximum Gasteiger partial charge on any atom is 0.278 e. The Balaban J connectivity index is 0.00000300. The number of rotatable bonds is 8. The van der Waals surface area contributed by atoms with Crippen molar-refractivity contribution in [3.8, 4) is 0 Å². The number of carbonyl (C=O) groups is 1. The number of nitrogens with zero attached hydrogens (tertiary/aromatic N) is 5. The molecule has 0 unspecified atom stereocenters. The third-order valence-electron chi connectivity index (χ3n) is 4.75. The zero-order valence-electron chi connectivity index (χ0n) is 17.1. The number of likely N-dealkylation sites (N-methyl/N-ethyl adjacent to an activating group) is 1. The van der Waals surface area contributed by atoms with Gasteiger partial charge in [-0.25, -0.2) is 4.98 Å². The summed E-state index contributed by atoms with van der Waals surface area (Å²) in [7, 11) is 0. The predicted octanol–water partition coefficient (Wildman–Crippen LogP) is 5.14. The average molecular weight is 456 g/mol. The number of benzene rings is 1. The van der Waals surface area contributed by atoms with E-state index in [1.807, 2.05) is 32.0 Å². The van der Waals surface area contributed by atoms with E-state index in [4.69, 9.17) is 16.6 Å². The van der Waals surface area contributed by atoms with Crippen molar-refractivity contribution in [3.63, 3.8) is 0 Å². The molecule has 0 radical (unpaired) electrons. The molecule has 2 aromatic heterocycles. The second-order valence-electron chi connectivity index (χ2n) is 6.82. The summed E-state index contributed by atoms with van der Waals surface area (Å²) in [4.78, 5) is 22.2. The lowest BCUT2D eigenvalue weighted by atomic mass is 10.3. The van der Waals surface area contributed by atoms with Gasteiger partial charge in [0.25, 0.3) is 5.91 Å². The normalized spacial score (nSPS) is 11.3. The van der Waals surface area contributed by atoms with Gasteiger partial charge < -0.3 is 4.90 Å². The standard InChI is InChI=1S/C20H26ClN5OS.ClH/c1-5-24(6-2)12-13-25(19(27)16-10-11-22-26(16)14(3)4)20-23-18-15(21)8-7-9-17(18)28-20;/h7-11,14H,5-6,12-13H2,1-4H3;1H. The van der Waals surface area contributed by atoms with E-state index in [1.165, 1.54) is 11.3 Å². The smallest absolute Gasteiger partial charge is 0.278 e. The number of fused-ring (bicyclic) bond motifs is 1. The van der Waals surface area contributed by atoms with Crippen LogP contribution in [0, 0.1) is 0 Å². The summed E-state index contributed by atoms with van der Waals surface area (Å²) in [5, 5.41) is 5.58. The van der Waals surface area contributed by atoms with Crippen molar-refractivity contribution >= 4 is 56.6 Å². The Labute approximate surface area is 186 Å². The Morgan fingerprint density at radius 2 is 1.93 bits per heavy atom. The van der Waals surface area contributed by atoms with E-state index in [-0.39, 0.29) is 24.4 Å². The van der Waals surface area contributed by atoms with Crippen molar-refractivity contribution in [3.05, 3.63) is 41.2 Å². The molecule has 2 heterocycles. The summed E-state index contributed by atoms with van der Waals surface area (Å²) < 4.78 is 2.73. The summed E-state index contributed by atoms with van der Waals surface area (Å²) in [6.45, 7) is 11.5. The first kappa shape index (κ1) is 23.6. The molecule has 0 aliphatic heterocycles. The number of hydrogen-bond acceptors (Lipinski definition) is 5. The highest BCUT2D eigenvalue weighted by Gasteiger charge is 2.25. The lowest BCUT2D eigenvalue weighted by molar-refractivity contribution is 0.0971. The second kappa shape index (κ2) is 10.4. The number of aromatic nitrogens is 3. The summed E-state index contributed by atoms with van der Waals surface area (Å²) in [5.74, 6) is -0.0893. The molecule has 29 heavy (non-hydrogen) atoms. The molecule has 0 saturated heterocycles. The van der Waals surface area contributed by atoms with Crippen LogP contribution in [0.2, 0.25) is 5.02 Å². The first-order chi connectivity index (χ1) is 13.5. The molecule has 0 atom stereocenters. The number of carbonyl (C=O) groups excluding carboxylic acids is 1. The molecule has 1 aromatic carbocycles. The lowest BCUT2D eigenvalue weighted by Gasteiger charge is -2.25. The maximum absolute atomic E-state index is 13.5. The van der Waals surface area contributed by atoms with Crippen LogP contribution in [0.4, 0.5) is 5.13 Å². The molecule has 0 spiro atoms. The van der Waals surface area contributed by atoms with Gasteiger partial charge in [-0.3, -0.25) is 14.4 Å². The third kappa shape index (κ3) is 5.09. The van der Waals surface area contributed by atoms with Gasteiger partial charge in [0.2, 0.25) is 0 Å². The summed E-state index contributed by atoms with van der Waals surface area (Å²) in [6, 6.07) is 7.58. The molecular weight excluding hydrogens is 429 g/mol. The topological polar surface area (TPSA) is 54.3 Å². The molecule has 0 bridgehead atoms. The molecule has 9 heteroatoms. The molecule has 6 nitrogen and oxygen atoms in total. The van der Waals surface area contributed by atoms with Crippen LogP contribution in [0.5, 0.6) is 0 Å². The van der Waals surface area contributed by atoms with E-state index in [0.717, 1.165) is 29.9 Å². The fourth-order valence-corrected chi connectivity index (χ4v) is 4.41. The Morgan fingerprint density at radius 1 is 1.21 bits per heavy atom. The van der Waals surface area contributed by atoms with Crippen LogP contribution in [0.15, 0.2) is 30.5 Å². The number of amides is 1. The fourth-order valence-electron chi connectivity index (χ4n) is 3.12. The average Bonchev–Trinajstić information content (AvgIpc) is 3.32. The molecule has 0 aliphatic carbocycles. The van der Waals surface area contributed by atoms with Gasteiger partial charge in [-0.15, -0.1) is 12.4 Å². The monoisotopic (exact) mass is 455 g/mol. The molecule has 0 aliphatic rings. The lowest BCUT2D eigenvalue weighted by Crippen LogP contribution is -2.39. The van der Waals surface area contributed by atoms with Crippen molar-refractivity contribution in [2.24, 2.45) is 0 Å². The van der Waals surface area contributed by atoms with Crippen molar-refractivity contribution < 1.29 is 4.79 Å². The minimum absolute atomic E-state index is 0. The van der Waals surface area contributed by atoms with E-state index in [1.54, 1.807) is 21.8 Å². The van der Waals surface area contributed by atoms with Gasteiger partial charge in [-0.2, -0.15) is 5.10 Å². The van der Waals surface area contributed by atoms with Crippen molar-refractivity contribution in [2.45, 2.75) is 33.7 Å². The van der Waals surface area contributed by atoms with Crippen LogP contribution in [0.1, 0.15) is 44.2 Å². The number of halogens is 2. The summed E-state index contributed by atoms with van der Waals surface area (Å²) in [6.07, 6.45) is 1.67. The SMILES string of the molecule is CCN(CC)CCN(C(=O)c1ccnn1C(C)C)c1nc2c(Cl)cccc2s1.Cl. The van der Waals surface area contributed by atoms with Gasteiger partial charge in [-0.05, 0) is 45.1 Å². The number of anilines is 1. The zero-order valence-corrected chi connectivity index (χ0v) is 19.5. The van der Waals surface area contributed by atoms with Gasteiger partial charge >= 0.3 is 0 Å². The van der Waals surface area contributed by atoms with Crippen LogP contribution in [-0.4, -0.2) is 51.8 Å². The first-order valence-electron chi connectivity index (χ1n) is 9.59. The van der Waals surface area contributed by atoms with Gasteiger partial charge in [0, 0.05) is 25.3 Å². The first-order valence-corrected chi connectivity index (χ1v) is 10.8.